The van der Waals surface area contributed by atoms with Gasteiger partial charge in [0.15, 0.2) is 0 Å². The van der Waals surface area contributed by atoms with Gasteiger partial charge >= 0.3 is 0 Å². The lowest BCUT2D eigenvalue weighted by Crippen LogP contribution is -2.03. The van der Waals surface area contributed by atoms with E-state index in [9.17, 15) is 8.42 Å². The van der Waals surface area contributed by atoms with Crippen LogP contribution in [0.15, 0.2) is 21.9 Å². The average molecular weight is 267 g/mol. The normalized spacial score (nSPS) is 11.7. The molecule has 0 aliphatic rings. The summed E-state index contributed by atoms with van der Waals surface area (Å²) in [6.45, 7) is 1.48. The molecule has 1 aromatic carbocycles. The van der Waals surface area contributed by atoms with Gasteiger partial charge in [0, 0.05) is 5.69 Å². The Morgan fingerprint density at radius 1 is 1.44 bits per heavy atom. The molecule has 0 saturated carbocycles. The highest BCUT2D eigenvalue weighted by atomic mass is 32.2. The highest BCUT2D eigenvalue weighted by molar-refractivity contribution is 7.94. The number of nitrogen functional groups attached to an aromatic ring is 1. The number of benzene rings is 1. The Balaban J connectivity index is 3.17. The lowest BCUT2D eigenvalue weighted by atomic mass is 10.2. The molecule has 0 atom stereocenters. The second kappa shape index (κ2) is 4.99. The highest BCUT2D eigenvalue weighted by Crippen LogP contribution is 2.30. The first-order chi connectivity index (χ1) is 7.36. The van der Waals surface area contributed by atoms with Crippen molar-refractivity contribution >= 4 is 27.8 Å². The smallest absolute Gasteiger partial charge is 0.294 e. The molecular weight excluding hydrogens is 258 g/mol. The number of rotatable bonds is 4. The van der Waals surface area contributed by atoms with Gasteiger partial charge < -0.3 is 5.73 Å². The van der Waals surface area contributed by atoms with Crippen LogP contribution in [0.25, 0.3) is 0 Å². The van der Waals surface area contributed by atoms with E-state index in [2.05, 4.69) is 9.37 Å². The van der Waals surface area contributed by atoms with E-state index in [1.807, 2.05) is 0 Å². The predicted molar refractivity (Wildman–Crippen MR) is 56.1 cm³/mol. The molecule has 0 saturated heterocycles. The van der Waals surface area contributed by atoms with E-state index in [-0.39, 0.29) is 10.6 Å². The summed E-state index contributed by atoms with van der Waals surface area (Å²) in [7, 11) is -4.30. The van der Waals surface area contributed by atoms with E-state index in [0.717, 1.165) is 6.07 Å². The van der Waals surface area contributed by atoms with Gasteiger partial charge in [-0.15, -0.1) is 4.33 Å². The fourth-order valence-corrected chi connectivity index (χ4v) is 2.30. The van der Waals surface area contributed by atoms with E-state index in [1.54, 1.807) is 0 Å². The second-order valence-electron chi connectivity index (χ2n) is 2.86. The molecule has 0 unspecified atom stereocenters. The molecule has 1 rings (SSSR count). The van der Waals surface area contributed by atoms with Crippen molar-refractivity contribution in [1.82, 2.24) is 0 Å². The van der Waals surface area contributed by atoms with Gasteiger partial charge in [-0.3, -0.25) is 4.55 Å². The molecule has 0 fully saturated rings. The van der Waals surface area contributed by atoms with Crippen LogP contribution in [-0.2, 0) is 19.5 Å². The van der Waals surface area contributed by atoms with Gasteiger partial charge in [0.25, 0.3) is 10.1 Å². The lowest BCUT2D eigenvalue weighted by Gasteiger charge is -2.07. The predicted octanol–water partition coefficient (Wildman–Crippen LogP) is 1.25. The summed E-state index contributed by atoms with van der Waals surface area (Å²) in [5.41, 5.74) is 5.88. The number of hydrogen-bond acceptors (Lipinski definition) is 7. The zero-order valence-electron chi connectivity index (χ0n) is 8.08. The van der Waals surface area contributed by atoms with Gasteiger partial charge in [-0.25, -0.2) is 5.26 Å². The summed E-state index contributed by atoms with van der Waals surface area (Å²) in [6.07, 6.45) is 0. The maximum atomic E-state index is 10.9. The van der Waals surface area contributed by atoms with Crippen molar-refractivity contribution in [2.45, 2.75) is 16.7 Å². The lowest BCUT2D eigenvalue weighted by molar-refractivity contribution is -0.432. The number of aryl methyl sites for hydroxylation is 1. The van der Waals surface area contributed by atoms with Crippen LogP contribution in [-0.4, -0.2) is 18.2 Å². The Kier molecular flexibility index (Phi) is 4.13. The molecule has 0 heterocycles. The third-order valence-electron chi connectivity index (χ3n) is 1.74. The molecule has 0 spiro atoms. The van der Waals surface area contributed by atoms with Crippen LogP contribution in [0.1, 0.15) is 5.56 Å². The van der Waals surface area contributed by atoms with Crippen molar-refractivity contribution in [2.75, 3.05) is 5.73 Å². The van der Waals surface area contributed by atoms with Gasteiger partial charge in [-0.2, -0.15) is 8.42 Å². The molecule has 9 heteroatoms. The third kappa shape index (κ3) is 3.07. The zero-order valence-corrected chi connectivity index (χ0v) is 9.71. The van der Waals surface area contributed by atoms with Crippen LogP contribution in [0.5, 0.6) is 0 Å². The first-order valence-corrected chi connectivity index (χ1v) is 6.07. The van der Waals surface area contributed by atoms with Crippen LogP contribution >= 0.6 is 12.0 Å². The fraction of sp³-hybridized carbons (Fsp3) is 0.143. The SMILES string of the molecule is Cc1cc(SOOO)c(N)cc1S(=O)(=O)O. The highest BCUT2D eigenvalue weighted by Gasteiger charge is 2.16. The average Bonchev–Trinajstić information content (AvgIpc) is 2.17. The zero-order chi connectivity index (χ0) is 12.3. The van der Waals surface area contributed by atoms with Crippen molar-refractivity contribution in [1.29, 1.82) is 0 Å². The molecule has 0 radical (unpaired) electrons. The minimum absolute atomic E-state index is 0.0697. The van der Waals surface area contributed by atoms with E-state index in [0.29, 0.717) is 22.5 Å². The molecule has 7 nitrogen and oxygen atoms in total. The second-order valence-corrected chi connectivity index (χ2v) is 4.99. The topological polar surface area (TPSA) is 119 Å². The molecule has 0 aromatic heterocycles. The first kappa shape index (κ1) is 13.2. The molecule has 1 aromatic rings. The van der Waals surface area contributed by atoms with Gasteiger partial charge in [-0.05, 0) is 24.6 Å². The fourth-order valence-electron chi connectivity index (χ4n) is 1.08. The monoisotopic (exact) mass is 267 g/mol. The molecule has 0 bridgehead atoms. The van der Waals surface area contributed by atoms with E-state index in [4.69, 9.17) is 15.5 Å². The molecule has 4 N–H and O–H groups in total. The van der Waals surface area contributed by atoms with Crippen molar-refractivity contribution in [3.8, 4) is 0 Å². The summed E-state index contributed by atoms with van der Waals surface area (Å²) in [5.74, 6) is 0. The van der Waals surface area contributed by atoms with Gasteiger partial charge in [0.2, 0.25) is 0 Å². The largest absolute Gasteiger partial charge is 0.398 e. The van der Waals surface area contributed by atoms with Crippen molar-refractivity contribution in [2.24, 2.45) is 0 Å². The quantitative estimate of drug-likeness (QED) is 0.245. The Morgan fingerprint density at radius 3 is 2.56 bits per heavy atom. The number of anilines is 1. The van der Waals surface area contributed by atoms with Crippen molar-refractivity contribution in [3.63, 3.8) is 0 Å². The minimum atomic E-state index is -4.30. The van der Waals surface area contributed by atoms with Crippen LogP contribution < -0.4 is 5.73 Å². The molecule has 0 amide bonds. The molecule has 0 aliphatic heterocycles. The van der Waals surface area contributed by atoms with E-state index >= 15 is 0 Å². The maximum Gasteiger partial charge on any atom is 0.294 e. The van der Waals surface area contributed by atoms with Crippen LogP contribution in [0.2, 0.25) is 0 Å². The summed E-state index contributed by atoms with van der Waals surface area (Å²) in [5, 5.41) is 11.3. The van der Waals surface area contributed by atoms with Crippen LogP contribution in [0.4, 0.5) is 5.69 Å². The summed E-state index contributed by atoms with van der Waals surface area (Å²) in [4.78, 5) is 0.0678. The Hall–Kier alpha value is -0.840. The van der Waals surface area contributed by atoms with Crippen molar-refractivity contribution < 1.29 is 27.6 Å². The Labute approximate surface area is 96.0 Å². The number of nitrogens with two attached hydrogens (primary N) is 1. The van der Waals surface area contributed by atoms with Crippen LogP contribution in [0, 0.1) is 6.92 Å². The van der Waals surface area contributed by atoms with Crippen molar-refractivity contribution in [3.05, 3.63) is 17.7 Å². The van der Waals surface area contributed by atoms with Gasteiger partial charge in [0.1, 0.15) is 0 Å². The van der Waals surface area contributed by atoms with E-state index < -0.39 is 10.1 Å². The Morgan fingerprint density at radius 2 is 2.06 bits per heavy atom. The van der Waals surface area contributed by atoms with Crippen LogP contribution in [0.3, 0.4) is 0 Å². The summed E-state index contributed by atoms with van der Waals surface area (Å²) < 4.78 is 34.9. The summed E-state index contributed by atoms with van der Waals surface area (Å²) >= 11 is 0.607. The molecular formula is C7H9NO6S2. The maximum absolute atomic E-state index is 10.9. The molecule has 90 valence electrons. The van der Waals surface area contributed by atoms with Gasteiger partial charge in [-0.1, -0.05) is 5.04 Å². The standard InChI is InChI=1S/C7H9NO6S2/c1-4-2-6(15-14-13-9)5(8)3-7(4)16(10,11)12/h2-3,9H,8H2,1H3,(H,10,11,12). The molecule has 0 aliphatic carbocycles. The first-order valence-electron chi connectivity index (χ1n) is 3.88. The van der Waals surface area contributed by atoms with E-state index in [1.165, 1.54) is 13.0 Å². The summed E-state index contributed by atoms with van der Waals surface area (Å²) in [6, 6.07) is 2.47. The number of hydrogen-bond donors (Lipinski definition) is 3. The Bertz CT molecular complexity index is 486. The van der Waals surface area contributed by atoms with Gasteiger partial charge in [0.05, 0.1) is 21.8 Å². The third-order valence-corrected chi connectivity index (χ3v) is 3.40. The minimum Gasteiger partial charge on any atom is -0.398 e. The molecule has 16 heavy (non-hydrogen) atoms.